The molecule has 2 atom stereocenters. The fourth-order valence-electron chi connectivity index (χ4n) is 2.74. The first-order valence-electron chi connectivity index (χ1n) is 7.05. The van der Waals surface area contributed by atoms with Crippen LogP contribution >= 0.6 is 0 Å². The van der Waals surface area contributed by atoms with Crippen LogP contribution in [0.25, 0.3) is 0 Å². The van der Waals surface area contributed by atoms with Gasteiger partial charge in [0.05, 0.1) is 6.54 Å². The Labute approximate surface area is 117 Å². The molecule has 7 nitrogen and oxygen atoms in total. The molecule has 3 rings (SSSR count). The minimum Gasteiger partial charge on any atom is -0.342 e. The Morgan fingerprint density at radius 1 is 1.40 bits per heavy atom. The molecule has 0 bridgehead atoms. The number of aryl methyl sites for hydroxylation is 1. The van der Waals surface area contributed by atoms with Crippen molar-refractivity contribution in [1.29, 1.82) is 0 Å². The molecule has 1 saturated heterocycles. The summed E-state index contributed by atoms with van der Waals surface area (Å²) in [7, 11) is 1.79. The summed E-state index contributed by atoms with van der Waals surface area (Å²) < 4.78 is 1.64. The average Bonchev–Trinajstić information content (AvgIpc) is 3.18. The standard InChI is InChI=1S/C13H19N5O2/c1-3-9-12(19)16-11(8-4-5-8)13(20)18(9)6-10-14-7-15-17(10)2/h7-9,11H,3-6H2,1-2H3,(H,16,19). The van der Waals surface area contributed by atoms with Crippen molar-refractivity contribution >= 4 is 11.8 Å². The van der Waals surface area contributed by atoms with E-state index in [0.29, 0.717) is 24.7 Å². The fourth-order valence-corrected chi connectivity index (χ4v) is 2.74. The number of carbonyl (C=O) groups excluding carboxylic acids is 2. The Hall–Kier alpha value is -1.92. The van der Waals surface area contributed by atoms with Crippen molar-refractivity contribution in [2.45, 2.75) is 44.8 Å². The zero-order valence-corrected chi connectivity index (χ0v) is 11.7. The Bertz CT molecular complexity index is 537. The van der Waals surface area contributed by atoms with E-state index >= 15 is 0 Å². The molecule has 7 heteroatoms. The molecule has 2 fully saturated rings. The number of nitrogens with zero attached hydrogens (tertiary/aromatic N) is 4. The SMILES string of the molecule is CCC1C(=O)NC(C2CC2)C(=O)N1Cc1ncnn1C. The van der Waals surface area contributed by atoms with Crippen LogP contribution in [0.5, 0.6) is 0 Å². The van der Waals surface area contributed by atoms with Crippen molar-refractivity contribution in [1.82, 2.24) is 25.0 Å². The number of hydrogen-bond donors (Lipinski definition) is 1. The predicted octanol–water partition coefficient (Wildman–Crippen LogP) is -0.169. The average molecular weight is 277 g/mol. The highest BCUT2D eigenvalue weighted by molar-refractivity contribution is 5.97. The lowest BCUT2D eigenvalue weighted by Gasteiger charge is -2.38. The Kier molecular flexibility index (Phi) is 3.19. The molecule has 2 heterocycles. The van der Waals surface area contributed by atoms with E-state index in [1.54, 1.807) is 16.6 Å². The first-order valence-corrected chi connectivity index (χ1v) is 7.05. The van der Waals surface area contributed by atoms with Crippen molar-refractivity contribution < 1.29 is 9.59 Å². The number of amides is 2. The molecular weight excluding hydrogens is 258 g/mol. The number of nitrogens with one attached hydrogen (secondary N) is 1. The van der Waals surface area contributed by atoms with E-state index in [4.69, 9.17) is 0 Å². The quantitative estimate of drug-likeness (QED) is 0.828. The van der Waals surface area contributed by atoms with Crippen LogP contribution in [-0.4, -0.2) is 43.6 Å². The normalized spacial score (nSPS) is 26.8. The molecule has 1 saturated carbocycles. The second-order valence-electron chi connectivity index (χ2n) is 5.51. The van der Waals surface area contributed by atoms with Gasteiger partial charge in [-0.05, 0) is 25.2 Å². The van der Waals surface area contributed by atoms with E-state index in [0.717, 1.165) is 12.8 Å². The van der Waals surface area contributed by atoms with Gasteiger partial charge in [-0.15, -0.1) is 0 Å². The number of hydrogen-bond acceptors (Lipinski definition) is 4. The van der Waals surface area contributed by atoms with Gasteiger partial charge in [-0.25, -0.2) is 4.98 Å². The van der Waals surface area contributed by atoms with Crippen molar-refractivity contribution in [3.05, 3.63) is 12.2 Å². The Morgan fingerprint density at radius 3 is 2.70 bits per heavy atom. The molecule has 20 heavy (non-hydrogen) atoms. The smallest absolute Gasteiger partial charge is 0.246 e. The van der Waals surface area contributed by atoms with Crippen molar-refractivity contribution in [3.63, 3.8) is 0 Å². The summed E-state index contributed by atoms with van der Waals surface area (Å²) >= 11 is 0. The van der Waals surface area contributed by atoms with Gasteiger partial charge in [-0.2, -0.15) is 5.10 Å². The summed E-state index contributed by atoms with van der Waals surface area (Å²) in [5, 5.41) is 6.89. The van der Waals surface area contributed by atoms with E-state index < -0.39 is 6.04 Å². The number of piperazine rings is 1. The van der Waals surface area contributed by atoms with E-state index in [2.05, 4.69) is 15.4 Å². The maximum atomic E-state index is 12.6. The van der Waals surface area contributed by atoms with Gasteiger partial charge in [-0.3, -0.25) is 14.3 Å². The van der Waals surface area contributed by atoms with Gasteiger partial charge in [0.15, 0.2) is 0 Å². The number of rotatable bonds is 4. The van der Waals surface area contributed by atoms with E-state index in [1.165, 1.54) is 6.33 Å². The van der Waals surface area contributed by atoms with Gasteiger partial charge in [0.2, 0.25) is 11.8 Å². The highest BCUT2D eigenvalue weighted by Gasteiger charge is 2.46. The van der Waals surface area contributed by atoms with Crippen LogP contribution in [0.15, 0.2) is 6.33 Å². The van der Waals surface area contributed by atoms with Gasteiger partial charge in [-0.1, -0.05) is 6.92 Å². The third-order valence-electron chi connectivity index (χ3n) is 4.12. The molecule has 1 aliphatic carbocycles. The van der Waals surface area contributed by atoms with E-state index in [9.17, 15) is 9.59 Å². The lowest BCUT2D eigenvalue weighted by molar-refractivity contribution is -0.151. The molecule has 0 aromatic carbocycles. The summed E-state index contributed by atoms with van der Waals surface area (Å²) in [6.45, 7) is 2.25. The second kappa shape index (κ2) is 4.88. The van der Waals surface area contributed by atoms with E-state index in [-0.39, 0.29) is 17.9 Å². The first kappa shape index (κ1) is 13.1. The molecule has 0 radical (unpaired) electrons. The maximum Gasteiger partial charge on any atom is 0.246 e. The summed E-state index contributed by atoms with van der Waals surface area (Å²) in [4.78, 5) is 30.6. The zero-order chi connectivity index (χ0) is 14.3. The molecule has 1 aromatic heterocycles. The minimum atomic E-state index is -0.408. The fraction of sp³-hybridized carbons (Fsp3) is 0.692. The maximum absolute atomic E-state index is 12.6. The molecule has 0 spiro atoms. The van der Waals surface area contributed by atoms with Gasteiger partial charge >= 0.3 is 0 Å². The van der Waals surface area contributed by atoms with Crippen molar-refractivity contribution in [3.8, 4) is 0 Å². The topological polar surface area (TPSA) is 80.1 Å². The third-order valence-corrected chi connectivity index (χ3v) is 4.12. The zero-order valence-electron chi connectivity index (χ0n) is 11.7. The van der Waals surface area contributed by atoms with Gasteiger partial charge < -0.3 is 10.2 Å². The van der Waals surface area contributed by atoms with Crippen molar-refractivity contribution in [2.75, 3.05) is 0 Å². The predicted molar refractivity (Wildman–Crippen MR) is 70.3 cm³/mol. The summed E-state index contributed by atoms with van der Waals surface area (Å²) in [6, 6.07) is -0.757. The van der Waals surface area contributed by atoms with Crippen LogP contribution in [0.4, 0.5) is 0 Å². The number of carbonyl (C=O) groups is 2. The van der Waals surface area contributed by atoms with Gasteiger partial charge in [0.1, 0.15) is 24.2 Å². The van der Waals surface area contributed by atoms with Crippen LogP contribution in [0.2, 0.25) is 0 Å². The minimum absolute atomic E-state index is 0.0157. The molecular formula is C13H19N5O2. The third kappa shape index (κ3) is 2.17. The lowest BCUT2D eigenvalue weighted by atomic mass is 10.0. The molecule has 2 aliphatic rings. The monoisotopic (exact) mass is 277 g/mol. The van der Waals surface area contributed by atoms with Crippen LogP contribution in [-0.2, 0) is 23.2 Å². The molecule has 108 valence electrons. The van der Waals surface area contributed by atoms with Crippen LogP contribution in [0.1, 0.15) is 32.0 Å². The molecule has 1 N–H and O–H groups in total. The van der Waals surface area contributed by atoms with Crippen molar-refractivity contribution in [2.24, 2.45) is 13.0 Å². The van der Waals surface area contributed by atoms with E-state index in [1.807, 2.05) is 6.92 Å². The Balaban J connectivity index is 1.84. The summed E-state index contributed by atoms with van der Waals surface area (Å²) in [5.41, 5.74) is 0. The highest BCUT2D eigenvalue weighted by Crippen LogP contribution is 2.35. The van der Waals surface area contributed by atoms with Gasteiger partial charge in [0, 0.05) is 7.05 Å². The number of aromatic nitrogens is 3. The van der Waals surface area contributed by atoms with Crippen LogP contribution in [0, 0.1) is 5.92 Å². The summed E-state index contributed by atoms with van der Waals surface area (Å²) in [5.74, 6) is 0.973. The molecule has 2 unspecified atom stereocenters. The molecule has 2 amide bonds. The van der Waals surface area contributed by atoms with Gasteiger partial charge in [0.25, 0.3) is 0 Å². The Morgan fingerprint density at radius 2 is 2.15 bits per heavy atom. The second-order valence-corrected chi connectivity index (χ2v) is 5.51. The lowest BCUT2D eigenvalue weighted by Crippen LogP contribution is -2.63. The largest absolute Gasteiger partial charge is 0.342 e. The summed E-state index contributed by atoms with van der Waals surface area (Å²) in [6.07, 6.45) is 4.10. The van der Waals surface area contributed by atoms with Crippen LogP contribution in [0.3, 0.4) is 0 Å². The molecule has 1 aliphatic heterocycles. The molecule has 1 aromatic rings. The first-order chi connectivity index (χ1) is 9.61. The highest BCUT2D eigenvalue weighted by atomic mass is 16.2. The van der Waals surface area contributed by atoms with Crippen LogP contribution < -0.4 is 5.32 Å².